The minimum absolute atomic E-state index is 0.00355. The number of carbonyl (C=O) groups is 1. The van der Waals surface area contributed by atoms with Crippen LogP contribution in [0.3, 0.4) is 0 Å². The van der Waals surface area contributed by atoms with Crippen molar-refractivity contribution < 1.29 is 47.4 Å². The van der Waals surface area contributed by atoms with Gasteiger partial charge in [-0.2, -0.15) is 0 Å². The Morgan fingerprint density at radius 1 is 0.745 bits per heavy atom. The maximum absolute atomic E-state index is 16.0. The van der Waals surface area contributed by atoms with Crippen LogP contribution in [0.1, 0.15) is 71.4 Å². The Morgan fingerprint density at radius 3 is 2.05 bits per heavy atom. The number of fused-ring (bicyclic) bond motifs is 3. The number of hydrogen-bond acceptors (Lipinski definition) is 10. The molecule has 55 heavy (non-hydrogen) atoms. The molecule has 296 valence electrons. The second kappa shape index (κ2) is 14.5. The van der Waals surface area contributed by atoms with E-state index in [4.69, 9.17) is 42.6 Å². The fourth-order valence-electron chi connectivity index (χ4n) is 10.5. The van der Waals surface area contributed by atoms with Gasteiger partial charge in [0.1, 0.15) is 47.5 Å². The summed E-state index contributed by atoms with van der Waals surface area (Å²) in [5.41, 5.74) is -0.810. The molecule has 2 heterocycles. The number of Topliss-reactive ketones (excluding diaryl/α,β-unsaturated/α-hetero) is 1. The van der Waals surface area contributed by atoms with Crippen LogP contribution in [-0.4, -0.2) is 74.8 Å². The van der Waals surface area contributed by atoms with Crippen LogP contribution in [0.2, 0.25) is 0 Å². The minimum Gasteiger partial charge on any atom is -0.497 e. The zero-order valence-corrected chi connectivity index (χ0v) is 33.2. The standard InChI is InChI=1S/C45H56O10/c1-41(2)34-21-22-45(41)38(54-45)23-35-43(5,40(46)39(34)50-26-30-13-15-31(47-6)16-14-30)36(51-28-49-25-29-11-9-8-10-12-29)24-37(44(35)27-52-42(3,4)55-44)53-33-19-17-32(48-7)18-20-33/h8-20,34-39H,21-28H2,1-7H3/t34-,35+,36+,37-,38+,39-,43+,44-,45-/m1/s1. The van der Waals surface area contributed by atoms with Gasteiger partial charge < -0.3 is 42.6 Å². The molecule has 0 radical (unpaired) electrons. The summed E-state index contributed by atoms with van der Waals surface area (Å²) in [5, 5.41) is 0. The molecule has 10 heteroatoms. The summed E-state index contributed by atoms with van der Waals surface area (Å²) in [6.45, 7) is 11.3. The Hall–Kier alpha value is -3.51. The lowest BCUT2D eigenvalue weighted by Gasteiger charge is -2.57. The number of hydrogen-bond donors (Lipinski definition) is 0. The van der Waals surface area contributed by atoms with E-state index in [0.717, 1.165) is 35.5 Å². The summed E-state index contributed by atoms with van der Waals surface area (Å²) in [6.07, 6.45) is 0.679. The van der Waals surface area contributed by atoms with E-state index in [-0.39, 0.29) is 48.8 Å². The largest absolute Gasteiger partial charge is 0.497 e. The van der Waals surface area contributed by atoms with Crippen LogP contribution in [0, 0.1) is 22.7 Å². The van der Waals surface area contributed by atoms with Gasteiger partial charge in [-0.15, -0.1) is 0 Å². The van der Waals surface area contributed by atoms with Gasteiger partial charge in [-0.25, -0.2) is 0 Å². The summed E-state index contributed by atoms with van der Waals surface area (Å²) >= 11 is 0. The molecule has 0 aromatic heterocycles. The molecule has 2 aliphatic heterocycles. The molecule has 2 bridgehead atoms. The molecule has 5 fully saturated rings. The lowest BCUT2D eigenvalue weighted by molar-refractivity contribution is -0.260. The van der Waals surface area contributed by atoms with E-state index in [1.807, 2.05) is 92.7 Å². The highest BCUT2D eigenvalue weighted by atomic mass is 16.8. The molecular weight excluding hydrogens is 700 g/mol. The summed E-state index contributed by atoms with van der Waals surface area (Å²) in [6, 6.07) is 25.4. The maximum Gasteiger partial charge on any atom is 0.170 e. The molecule has 3 aromatic rings. The first-order valence-electron chi connectivity index (χ1n) is 19.7. The first-order chi connectivity index (χ1) is 26.3. The molecule has 10 nitrogen and oxygen atoms in total. The van der Waals surface area contributed by atoms with Gasteiger partial charge in [-0.3, -0.25) is 4.79 Å². The molecule has 3 saturated carbocycles. The average Bonchev–Trinajstić information content (AvgIpc) is 3.72. The molecule has 0 amide bonds. The van der Waals surface area contributed by atoms with Crippen molar-refractivity contribution in [3.05, 3.63) is 90.0 Å². The SMILES string of the molecule is COc1ccc(CO[C@H]2C(=O)[C@]3(C)[C@@H](OCOCc4ccccc4)C[C@@H](Oc4ccc(OC)cc4)[C@@]4(COC(C)(C)O4)[C@H]3C[C@@H]3O[C@]34CC[C@H]2C4(C)C)cc1. The van der Waals surface area contributed by atoms with E-state index in [2.05, 4.69) is 20.8 Å². The van der Waals surface area contributed by atoms with Crippen LogP contribution >= 0.6 is 0 Å². The predicted molar refractivity (Wildman–Crippen MR) is 204 cm³/mol. The molecule has 2 spiro atoms. The van der Waals surface area contributed by atoms with Crippen molar-refractivity contribution in [1.29, 1.82) is 0 Å². The molecule has 8 rings (SSSR count). The Bertz CT molecular complexity index is 1810. The highest BCUT2D eigenvalue weighted by molar-refractivity contribution is 5.90. The smallest absolute Gasteiger partial charge is 0.170 e. The summed E-state index contributed by atoms with van der Waals surface area (Å²) < 4.78 is 58.1. The highest BCUT2D eigenvalue weighted by Gasteiger charge is 2.77. The maximum atomic E-state index is 16.0. The van der Waals surface area contributed by atoms with Gasteiger partial charge in [0.2, 0.25) is 0 Å². The zero-order valence-electron chi connectivity index (χ0n) is 33.2. The van der Waals surface area contributed by atoms with E-state index in [1.54, 1.807) is 14.2 Å². The molecule has 0 N–H and O–H groups in total. The first kappa shape index (κ1) is 38.4. The van der Waals surface area contributed by atoms with Gasteiger partial charge in [0.15, 0.2) is 11.6 Å². The number of epoxide rings is 1. The Morgan fingerprint density at radius 2 is 1.40 bits per heavy atom. The van der Waals surface area contributed by atoms with Crippen LogP contribution in [0.25, 0.3) is 0 Å². The van der Waals surface area contributed by atoms with Gasteiger partial charge in [0.25, 0.3) is 0 Å². The monoisotopic (exact) mass is 756 g/mol. The van der Waals surface area contributed by atoms with Crippen molar-refractivity contribution >= 4 is 5.78 Å². The third-order valence-electron chi connectivity index (χ3n) is 13.7. The van der Waals surface area contributed by atoms with Crippen molar-refractivity contribution in [3.8, 4) is 17.2 Å². The Labute approximate surface area is 325 Å². The van der Waals surface area contributed by atoms with Gasteiger partial charge in [-0.05, 0) is 87.6 Å². The lowest BCUT2D eigenvalue weighted by atomic mass is 9.53. The number of rotatable bonds is 12. The average molecular weight is 757 g/mol. The van der Waals surface area contributed by atoms with E-state index in [0.29, 0.717) is 25.2 Å². The molecule has 5 aliphatic rings. The van der Waals surface area contributed by atoms with Crippen molar-refractivity contribution in [3.63, 3.8) is 0 Å². The van der Waals surface area contributed by atoms with Crippen LogP contribution in [0.5, 0.6) is 17.2 Å². The summed E-state index contributed by atoms with van der Waals surface area (Å²) in [5.74, 6) is 0.770. The first-order valence-corrected chi connectivity index (χ1v) is 19.7. The topological polar surface area (TPSA) is 103 Å². The van der Waals surface area contributed by atoms with E-state index in [1.165, 1.54) is 0 Å². The van der Waals surface area contributed by atoms with Crippen molar-refractivity contribution in [2.75, 3.05) is 27.6 Å². The predicted octanol–water partition coefficient (Wildman–Crippen LogP) is 7.69. The molecule has 2 saturated heterocycles. The summed E-state index contributed by atoms with van der Waals surface area (Å²) in [4.78, 5) is 16.0. The molecule has 3 aliphatic carbocycles. The number of methoxy groups -OCH3 is 2. The van der Waals surface area contributed by atoms with Gasteiger partial charge in [0, 0.05) is 23.7 Å². The minimum atomic E-state index is -1.10. The highest BCUT2D eigenvalue weighted by Crippen LogP contribution is 2.69. The number of benzene rings is 3. The van der Waals surface area contributed by atoms with Crippen LogP contribution in [0.15, 0.2) is 78.9 Å². The normalized spacial score (nSPS) is 35.6. The number of ketones is 1. The molecule has 0 unspecified atom stereocenters. The van der Waals surface area contributed by atoms with Crippen LogP contribution in [0.4, 0.5) is 0 Å². The molecular formula is C45H56O10. The number of ether oxygens (including phenoxy) is 9. The zero-order chi connectivity index (χ0) is 38.6. The van der Waals surface area contributed by atoms with Gasteiger partial charge in [0.05, 0.1) is 51.7 Å². The third-order valence-corrected chi connectivity index (χ3v) is 13.7. The molecule has 3 aromatic carbocycles. The lowest BCUT2D eigenvalue weighted by Crippen LogP contribution is -2.70. The fourth-order valence-corrected chi connectivity index (χ4v) is 10.5. The second-order valence-corrected chi connectivity index (χ2v) is 17.2. The van der Waals surface area contributed by atoms with Crippen molar-refractivity contribution in [2.45, 2.75) is 115 Å². The van der Waals surface area contributed by atoms with E-state index in [9.17, 15) is 0 Å². The number of carbonyl (C=O) groups excluding carboxylic acids is 1. The van der Waals surface area contributed by atoms with Crippen molar-refractivity contribution in [2.24, 2.45) is 22.7 Å². The van der Waals surface area contributed by atoms with Gasteiger partial charge in [-0.1, -0.05) is 56.3 Å². The van der Waals surface area contributed by atoms with Crippen molar-refractivity contribution in [1.82, 2.24) is 0 Å². The van der Waals surface area contributed by atoms with Crippen LogP contribution in [-0.2, 0) is 46.4 Å². The van der Waals surface area contributed by atoms with Gasteiger partial charge >= 0.3 is 0 Å². The molecule has 9 atom stereocenters. The second-order valence-electron chi connectivity index (χ2n) is 17.2. The quantitative estimate of drug-likeness (QED) is 0.104. The fraction of sp³-hybridized carbons (Fsp3) is 0.578. The van der Waals surface area contributed by atoms with E-state index < -0.39 is 41.0 Å². The Balaban J connectivity index is 1.20. The third kappa shape index (κ3) is 6.66. The van der Waals surface area contributed by atoms with Crippen LogP contribution < -0.4 is 14.2 Å². The van der Waals surface area contributed by atoms with E-state index >= 15 is 4.79 Å². The Kier molecular flexibility index (Phi) is 10.1. The summed E-state index contributed by atoms with van der Waals surface area (Å²) in [7, 11) is 3.29.